The Balaban J connectivity index is 1.37. The minimum absolute atomic E-state index is 0.0492. The molecule has 7 aromatic rings. The van der Waals surface area contributed by atoms with Crippen LogP contribution in [0, 0.1) is 30.2 Å². The highest BCUT2D eigenvalue weighted by molar-refractivity contribution is 6.18. The number of nitrogens with one attached hydrogen (secondary N) is 1. The van der Waals surface area contributed by atoms with E-state index in [0.717, 1.165) is 55.3 Å². The van der Waals surface area contributed by atoms with E-state index < -0.39 is 29.5 Å². The van der Waals surface area contributed by atoms with Gasteiger partial charge in [0.05, 0.1) is 0 Å². The van der Waals surface area contributed by atoms with E-state index in [4.69, 9.17) is 0 Å². The molecule has 0 aliphatic heterocycles. The summed E-state index contributed by atoms with van der Waals surface area (Å²) >= 11 is 0. The van der Waals surface area contributed by atoms with Gasteiger partial charge >= 0.3 is 0 Å². The largest absolute Gasteiger partial charge is 0.371 e. The van der Waals surface area contributed by atoms with E-state index in [1.54, 1.807) is 48.5 Å². The molecule has 250 valence electrons. The first-order chi connectivity index (χ1) is 24.7. The van der Waals surface area contributed by atoms with Gasteiger partial charge in [0.1, 0.15) is 29.3 Å². The number of carbonyl (C=O) groups excluding carboxylic acids is 1. The average molecular weight is 678 g/mol. The van der Waals surface area contributed by atoms with Gasteiger partial charge in [0, 0.05) is 23.1 Å². The third kappa shape index (κ3) is 5.97. The van der Waals surface area contributed by atoms with Gasteiger partial charge in [-0.2, -0.15) is 0 Å². The van der Waals surface area contributed by atoms with Crippen molar-refractivity contribution in [3.63, 3.8) is 0 Å². The number of hydrogen-bond donors (Lipinski definition) is 1. The number of halogens is 4. The summed E-state index contributed by atoms with van der Waals surface area (Å²) in [7, 11) is 0. The Hall–Kier alpha value is -6.01. The molecule has 0 radical (unpaired) electrons. The Morgan fingerprint density at radius 2 is 0.980 bits per heavy atom. The van der Waals surface area contributed by atoms with Crippen molar-refractivity contribution in [3.8, 4) is 0 Å². The van der Waals surface area contributed by atoms with Crippen LogP contribution >= 0.6 is 0 Å². The second-order valence-electron chi connectivity index (χ2n) is 13.1. The molecule has 1 N–H and O–H groups in total. The Morgan fingerprint density at radius 1 is 0.529 bits per heavy atom. The molecule has 51 heavy (non-hydrogen) atoms. The molecule has 0 aromatic heterocycles. The van der Waals surface area contributed by atoms with Gasteiger partial charge in [0.15, 0.2) is 5.78 Å². The Bertz CT molecular complexity index is 2310. The molecule has 0 heterocycles. The van der Waals surface area contributed by atoms with E-state index in [2.05, 4.69) is 5.32 Å². The predicted molar refractivity (Wildman–Crippen MR) is 193 cm³/mol. The molecule has 2 nitrogen and oxygen atoms in total. The van der Waals surface area contributed by atoms with Crippen LogP contribution in [0.5, 0.6) is 0 Å². The van der Waals surface area contributed by atoms with Crippen LogP contribution in [-0.4, -0.2) is 5.78 Å². The minimum atomic E-state index is -0.679. The van der Waals surface area contributed by atoms with E-state index >= 15 is 0 Å². The number of ketones is 1. The van der Waals surface area contributed by atoms with E-state index in [1.165, 1.54) is 48.5 Å². The Labute approximate surface area is 293 Å². The lowest BCUT2D eigenvalue weighted by Crippen LogP contribution is -2.20. The Morgan fingerprint density at radius 3 is 1.47 bits per heavy atom. The molecule has 0 bridgehead atoms. The lowest BCUT2D eigenvalue weighted by Gasteiger charge is -2.29. The van der Waals surface area contributed by atoms with Crippen molar-refractivity contribution >= 4 is 22.2 Å². The van der Waals surface area contributed by atoms with Crippen LogP contribution in [0.25, 0.3) is 10.8 Å². The fourth-order valence-electron chi connectivity index (χ4n) is 7.58. The highest BCUT2D eigenvalue weighted by Gasteiger charge is 2.34. The third-order valence-corrected chi connectivity index (χ3v) is 9.91. The van der Waals surface area contributed by atoms with Crippen molar-refractivity contribution in [2.75, 3.05) is 5.32 Å². The standard InChI is InChI=1S/C45H31F4NO/c1-26-24-32(40(28-8-16-33(46)17-9-28)29-10-18-34(47)19-11-29)25-39(41(30-12-20-35(48)21-13-30)31-14-22-36(49)23-15-31)43(26)50-44-37-6-2-4-27-5-3-7-38(42(27)37)45(44)51/h2-25,40-41,44,50H,1H3. The second-order valence-corrected chi connectivity index (χ2v) is 13.1. The molecular weight excluding hydrogens is 646 g/mol. The molecule has 7 aromatic carbocycles. The lowest BCUT2D eigenvalue weighted by molar-refractivity contribution is 0.0977. The van der Waals surface area contributed by atoms with Crippen molar-refractivity contribution in [1.29, 1.82) is 0 Å². The van der Waals surface area contributed by atoms with Gasteiger partial charge in [-0.15, -0.1) is 0 Å². The molecular formula is C45H31F4NO. The number of aryl methyl sites for hydroxylation is 1. The molecule has 1 atom stereocenters. The summed E-state index contributed by atoms with van der Waals surface area (Å²) in [6.07, 6.45) is 0. The quantitative estimate of drug-likeness (QED) is 0.128. The maximum absolute atomic E-state index is 14.4. The summed E-state index contributed by atoms with van der Waals surface area (Å²) in [6.45, 7) is 1.96. The highest BCUT2D eigenvalue weighted by Crippen LogP contribution is 2.45. The van der Waals surface area contributed by atoms with Crippen LogP contribution in [0.4, 0.5) is 23.2 Å². The maximum Gasteiger partial charge on any atom is 0.190 e. The first-order valence-corrected chi connectivity index (χ1v) is 16.7. The van der Waals surface area contributed by atoms with Crippen molar-refractivity contribution < 1.29 is 22.4 Å². The molecule has 0 amide bonds. The molecule has 0 saturated heterocycles. The van der Waals surface area contributed by atoms with Gasteiger partial charge in [-0.1, -0.05) is 97.1 Å². The number of carbonyl (C=O) groups is 1. The fraction of sp³-hybridized carbons (Fsp3) is 0.0889. The smallest absolute Gasteiger partial charge is 0.190 e. The van der Waals surface area contributed by atoms with Crippen LogP contribution < -0.4 is 5.32 Å². The number of benzene rings is 7. The molecule has 6 heteroatoms. The van der Waals surface area contributed by atoms with Gasteiger partial charge in [0.2, 0.25) is 0 Å². The summed E-state index contributed by atoms with van der Waals surface area (Å²) in [5, 5.41) is 5.54. The van der Waals surface area contributed by atoms with Crippen LogP contribution in [0.2, 0.25) is 0 Å². The minimum Gasteiger partial charge on any atom is -0.371 e. The number of rotatable bonds is 8. The number of anilines is 1. The Kier molecular flexibility index (Phi) is 8.23. The van der Waals surface area contributed by atoms with Crippen LogP contribution in [0.1, 0.15) is 72.7 Å². The number of Topliss-reactive ketones (excluding diaryl/α,β-unsaturated/α-hetero) is 1. The monoisotopic (exact) mass is 677 g/mol. The zero-order valence-corrected chi connectivity index (χ0v) is 27.5. The van der Waals surface area contributed by atoms with Crippen LogP contribution in [-0.2, 0) is 0 Å². The fourth-order valence-corrected chi connectivity index (χ4v) is 7.58. The highest BCUT2D eigenvalue weighted by atomic mass is 19.1. The topological polar surface area (TPSA) is 29.1 Å². The van der Waals surface area contributed by atoms with Crippen molar-refractivity contribution in [1.82, 2.24) is 0 Å². The number of hydrogen-bond acceptors (Lipinski definition) is 2. The average Bonchev–Trinajstić information content (AvgIpc) is 3.41. The van der Waals surface area contributed by atoms with Crippen molar-refractivity contribution in [2.24, 2.45) is 0 Å². The van der Waals surface area contributed by atoms with Gasteiger partial charge in [-0.25, -0.2) is 17.6 Å². The molecule has 8 rings (SSSR count). The molecule has 1 unspecified atom stereocenters. The van der Waals surface area contributed by atoms with E-state index in [0.29, 0.717) is 11.3 Å². The molecule has 1 aliphatic rings. The lowest BCUT2D eigenvalue weighted by atomic mass is 9.78. The third-order valence-electron chi connectivity index (χ3n) is 9.91. The first kappa shape index (κ1) is 32.2. The van der Waals surface area contributed by atoms with Gasteiger partial charge < -0.3 is 5.32 Å². The summed E-state index contributed by atoms with van der Waals surface area (Å²) in [6, 6.07) is 39.9. The van der Waals surface area contributed by atoms with Crippen molar-refractivity contribution in [3.05, 3.63) is 219 Å². The van der Waals surface area contributed by atoms with Gasteiger partial charge in [0.25, 0.3) is 0 Å². The maximum atomic E-state index is 14.4. The normalized spacial score (nSPS) is 13.8. The zero-order valence-electron chi connectivity index (χ0n) is 27.5. The molecule has 0 saturated carbocycles. The summed E-state index contributed by atoms with van der Waals surface area (Å²) in [5.74, 6) is -2.54. The molecule has 1 aliphatic carbocycles. The molecule has 0 spiro atoms. The zero-order chi connectivity index (χ0) is 35.2. The summed E-state index contributed by atoms with van der Waals surface area (Å²) < 4.78 is 57.1. The summed E-state index contributed by atoms with van der Waals surface area (Å²) in [5.41, 5.74) is 7.76. The van der Waals surface area contributed by atoms with E-state index in [9.17, 15) is 22.4 Å². The van der Waals surface area contributed by atoms with Crippen LogP contribution in [0.3, 0.4) is 0 Å². The second kappa shape index (κ2) is 13.0. The van der Waals surface area contributed by atoms with Crippen LogP contribution in [0.15, 0.2) is 146 Å². The molecule has 0 fully saturated rings. The van der Waals surface area contributed by atoms with Gasteiger partial charge in [-0.05, 0) is 111 Å². The van der Waals surface area contributed by atoms with E-state index in [1.807, 2.05) is 55.5 Å². The van der Waals surface area contributed by atoms with Crippen molar-refractivity contribution in [2.45, 2.75) is 24.8 Å². The first-order valence-electron chi connectivity index (χ1n) is 16.7. The van der Waals surface area contributed by atoms with E-state index in [-0.39, 0.29) is 17.4 Å². The van der Waals surface area contributed by atoms with Gasteiger partial charge in [-0.3, -0.25) is 4.79 Å². The predicted octanol–water partition coefficient (Wildman–Crippen LogP) is 11.4. The SMILES string of the molecule is Cc1cc(C(c2ccc(F)cc2)c2ccc(F)cc2)cc(C(c2ccc(F)cc2)c2ccc(F)cc2)c1NC1C(=O)c2cccc3cccc1c23. The summed E-state index contributed by atoms with van der Waals surface area (Å²) in [4.78, 5) is 14.1.